The Kier molecular flexibility index (Phi) is 3.14. The molecule has 0 amide bonds. The average molecular weight is 178 g/mol. The number of nitrogens with zero attached hydrogens (tertiary/aromatic N) is 2. The van der Waals surface area contributed by atoms with Crippen molar-refractivity contribution >= 4 is 5.97 Å². The van der Waals surface area contributed by atoms with Crippen LogP contribution < -0.4 is 0 Å². The normalized spacial score (nSPS) is 9.31. The number of rotatable bonds is 3. The van der Waals surface area contributed by atoms with E-state index in [1.54, 1.807) is 6.92 Å². The molecule has 0 spiro atoms. The maximum Gasteiger partial charge on any atom is 0.358 e. The van der Waals surface area contributed by atoms with Gasteiger partial charge in [-0.3, -0.25) is 4.98 Å². The van der Waals surface area contributed by atoms with Gasteiger partial charge in [0.15, 0.2) is 5.69 Å². The Morgan fingerprint density at radius 3 is 2.92 bits per heavy atom. The first-order chi connectivity index (χ1) is 6.24. The molecule has 1 aromatic rings. The van der Waals surface area contributed by atoms with Crippen LogP contribution in [0.15, 0.2) is 25.0 Å². The maximum absolute atomic E-state index is 11.1. The van der Waals surface area contributed by atoms with Crippen molar-refractivity contribution in [2.45, 2.75) is 6.92 Å². The molecule has 4 nitrogen and oxygen atoms in total. The van der Waals surface area contributed by atoms with Gasteiger partial charge < -0.3 is 4.74 Å². The van der Waals surface area contributed by atoms with E-state index < -0.39 is 5.97 Å². The Balaban J connectivity index is 2.66. The summed E-state index contributed by atoms with van der Waals surface area (Å²) in [6, 6.07) is 0. The van der Waals surface area contributed by atoms with Crippen LogP contribution in [0.2, 0.25) is 0 Å². The summed E-state index contributed by atoms with van der Waals surface area (Å²) in [7, 11) is 0. The zero-order chi connectivity index (χ0) is 9.68. The van der Waals surface area contributed by atoms with Crippen LogP contribution in [0.4, 0.5) is 0 Å². The van der Waals surface area contributed by atoms with Gasteiger partial charge in [0.25, 0.3) is 0 Å². The molecule has 68 valence electrons. The van der Waals surface area contributed by atoms with Gasteiger partial charge in [0.2, 0.25) is 0 Å². The average Bonchev–Trinajstić information content (AvgIpc) is 2.15. The lowest BCUT2D eigenvalue weighted by atomic mass is 10.4. The summed E-state index contributed by atoms with van der Waals surface area (Å²) in [4.78, 5) is 18.9. The molecule has 13 heavy (non-hydrogen) atoms. The van der Waals surface area contributed by atoms with Crippen molar-refractivity contribution in [1.82, 2.24) is 9.97 Å². The van der Waals surface area contributed by atoms with Gasteiger partial charge in [-0.25, -0.2) is 9.78 Å². The second kappa shape index (κ2) is 4.35. The molecule has 0 saturated carbocycles. The van der Waals surface area contributed by atoms with E-state index in [9.17, 15) is 4.79 Å². The van der Waals surface area contributed by atoms with Gasteiger partial charge in [-0.05, 0) is 6.92 Å². The zero-order valence-corrected chi connectivity index (χ0v) is 7.36. The number of carbonyl (C=O) groups is 1. The number of hydrogen-bond acceptors (Lipinski definition) is 4. The number of hydrogen-bond donors (Lipinski definition) is 0. The van der Waals surface area contributed by atoms with Crippen LogP contribution in [0.3, 0.4) is 0 Å². The maximum atomic E-state index is 11.1. The fraction of sp³-hybridized carbons (Fsp3) is 0.222. The van der Waals surface area contributed by atoms with E-state index in [1.807, 2.05) is 0 Å². The molecule has 0 aliphatic rings. The van der Waals surface area contributed by atoms with E-state index in [0.29, 0.717) is 0 Å². The summed E-state index contributed by atoms with van der Waals surface area (Å²) in [6.07, 6.45) is 4.41. The lowest BCUT2D eigenvalue weighted by Gasteiger charge is -1.99. The van der Waals surface area contributed by atoms with Gasteiger partial charge in [-0.1, -0.05) is 12.7 Å². The third-order valence-electron chi connectivity index (χ3n) is 1.32. The lowest BCUT2D eigenvalue weighted by molar-refractivity contribution is 0.0542. The second-order valence-corrected chi connectivity index (χ2v) is 2.43. The third kappa shape index (κ3) is 2.66. The number of carbonyl (C=O) groups excluding carboxylic acids is 1. The fourth-order valence-electron chi connectivity index (χ4n) is 0.707. The predicted molar refractivity (Wildman–Crippen MR) is 47.2 cm³/mol. The number of aryl methyl sites for hydroxylation is 1. The van der Waals surface area contributed by atoms with E-state index in [4.69, 9.17) is 4.74 Å². The molecule has 0 bridgehead atoms. The van der Waals surface area contributed by atoms with Gasteiger partial charge >= 0.3 is 5.97 Å². The molecule has 0 aliphatic heterocycles. The van der Waals surface area contributed by atoms with E-state index >= 15 is 0 Å². The summed E-state index contributed by atoms with van der Waals surface area (Å²) in [6.45, 7) is 5.41. The number of esters is 1. The second-order valence-electron chi connectivity index (χ2n) is 2.43. The predicted octanol–water partition coefficient (Wildman–Crippen LogP) is 1.13. The van der Waals surface area contributed by atoms with Crippen molar-refractivity contribution in [3.8, 4) is 0 Å². The molecule has 0 radical (unpaired) electrons. The molecule has 4 heteroatoms. The first-order valence-electron chi connectivity index (χ1n) is 3.80. The van der Waals surface area contributed by atoms with E-state index in [2.05, 4.69) is 16.5 Å². The van der Waals surface area contributed by atoms with Crippen LogP contribution in [-0.4, -0.2) is 22.5 Å². The molecule has 0 fully saturated rings. The molecular weight excluding hydrogens is 168 g/mol. The van der Waals surface area contributed by atoms with Crippen LogP contribution in [0.1, 0.15) is 16.2 Å². The summed E-state index contributed by atoms with van der Waals surface area (Å²) in [5.74, 6) is -0.479. The van der Waals surface area contributed by atoms with Gasteiger partial charge in [0.1, 0.15) is 6.61 Å². The topological polar surface area (TPSA) is 52.1 Å². The van der Waals surface area contributed by atoms with Crippen molar-refractivity contribution in [2.75, 3.05) is 6.61 Å². The smallest absolute Gasteiger partial charge is 0.358 e. The molecule has 1 heterocycles. The Morgan fingerprint density at radius 2 is 2.38 bits per heavy atom. The fourth-order valence-corrected chi connectivity index (χ4v) is 0.707. The van der Waals surface area contributed by atoms with Crippen LogP contribution in [0, 0.1) is 6.92 Å². The van der Waals surface area contributed by atoms with Crippen molar-refractivity contribution < 1.29 is 9.53 Å². The molecule has 0 aliphatic carbocycles. The highest BCUT2D eigenvalue weighted by Gasteiger charge is 2.07. The molecule has 1 rings (SSSR count). The standard InChI is InChI=1S/C9H10N2O2/c1-3-4-13-9(12)8-6-10-7(2)5-11-8/h3,5-6H,1,4H2,2H3. The molecule has 0 unspecified atom stereocenters. The molecule has 0 N–H and O–H groups in total. The highest BCUT2D eigenvalue weighted by molar-refractivity contribution is 5.86. The van der Waals surface area contributed by atoms with Crippen molar-refractivity contribution in [2.24, 2.45) is 0 Å². The first kappa shape index (κ1) is 9.38. The first-order valence-corrected chi connectivity index (χ1v) is 3.80. The molecule has 0 saturated heterocycles. The summed E-state index contributed by atoms with van der Waals surface area (Å²) in [5, 5.41) is 0. The SMILES string of the molecule is C=CCOC(=O)c1cnc(C)cn1. The highest BCUT2D eigenvalue weighted by atomic mass is 16.5. The minimum atomic E-state index is -0.479. The van der Waals surface area contributed by atoms with Crippen molar-refractivity contribution in [3.05, 3.63) is 36.4 Å². The number of ether oxygens (including phenoxy) is 1. The largest absolute Gasteiger partial charge is 0.457 e. The third-order valence-corrected chi connectivity index (χ3v) is 1.32. The van der Waals surface area contributed by atoms with E-state index in [0.717, 1.165) is 5.69 Å². The Morgan fingerprint density at radius 1 is 1.62 bits per heavy atom. The van der Waals surface area contributed by atoms with E-state index in [-0.39, 0.29) is 12.3 Å². The Labute approximate surface area is 76.3 Å². The van der Waals surface area contributed by atoms with Gasteiger partial charge in [-0.2, -0.15) is 0 Å². The van der Waals surface area contributed by atoms with Crippen molar-refractivity contribution in [1.29, 1.82) is 0 Å². The lowest BCUT2D eigenvalue weighted by Crippen LogP contribution is -2.07. The zero-order valence-electron chi connectivity index (χ0n) is 7.36. The quantitative estimate of drug-likeness (QED) is 0.514. The Hall–Kier alpha value is -1.71. The monoisotopic (exact) mass is 178 g/mol. The van der Waals surface area contributed by atoms with Gasteiger partial charge in [0.05, 0.1) is 11.9 Å². The van der Waals surface area contributed by atoms with Gasteiger partial charge in [-0.15, -0.1) is 0 Å². The highest BCUT2D eigenvalue weighted by Crippen LogP contribution is 1.96. The summed E-state index contributed by atoms with van der Waals surface area (Å²) < 4.78 is 4.76. The van der Waals surface area contributed by atoms with Crippen LogP contribution in [-0.2, 0) is 4.74 Å². The van der Waals surface area contributed by atoms with Crippen LogP contribution in [0.5, 0.6) is 0 Å². The summed E-state index contributed by atoms with van der Waals surface area (Å²) in [5.41, 5.74) is 0.979. The minimum absolute atomic E-state index is 0.189. The Bertz CT molecular complexity index is 306. The number of aromatic nitrogens is 2. The van der Waals surface area contributed by atoms with Crippen molar-refractivity contribution in [3.63, 3.8) is 0 Å². The summed E-state index contributed by atoms with van der Waals surface area (Å²) >= 11 is 0. The van der Waals surface area contributed by atoms with Gasteiger partial charge in [0, 0.05) is 6.20 Å². The van der Waals surface area contributed by atoms with Crippen LogP contribution >= 0.6 is 0 Å². The molecule has 0 atom stereocenters. The minimum Gasteiger partial charge on any atom is -0.457 e. The molecular formula is C9H10N2O2. The molecule has 0 aromatic carbocycles. The van der Waals surface area contributed by atoms with E-state index in [1.165, 1.54) is 18.5 Å². The van der Waals surface area contributed by atoms with Crippen LogP contribution in [0.25, 0.3) is 0 Å². The molecule has 1 aromatic heterocycles.